The normalized spacial score (nSPS) is 11.0. The number of anilines is 1. The van der Waals surface area contributed by atoms with Crippen molar-refractivity contribution in [1.82, 2.24) is 0 Å². The predicted octanol–water partition coefficient (Wildman–Crippen LogP) is 1.34. The van der Waals surface area contributed by atoms with Crippen LogP contribution in [0.3, 0.4) is 0 Å². The zero-order valence-corrected chi connectivity index (χ0v) is 12.3. The molecule has 8 nitrogen and oxygen atoms in total. The van der Waals surface area contributed by atoms with E-state index in [0.29, 0.717) is 0 Å². The fourth-order valence-corrected chi connectivity index (χ4v) is 1.40. The molecular formula is C12H16ClN3O5. The van der Waals surface area contributed by atoms with Gasteiger partial charge in [0.15, 0.2) is 0 Å². The lowest BCUT2D eigenvalue weighted by Crippen LogP contribution is -2.26. The number of amides is 1. The Morgan fingerprint density at radius 3 is 2.52 bits per heavy atom. The monoisotopic (exact) mass is 317 g/mol. The third-order valence-corrected chi connectivity index (χ3v) is 2.62. The van der Waals surface area contributed by atoms with E-state index < -0.39 is 16.8 Å². The fraction of sp³-hybridized carbons (Fsp3) is 0.333. The SMILES string of the molecule is COC(=O)c1cc(NC(=O)C(C)CN)cc([N+](=O)[O-])c1.Cl. The number of methoxy groups -OCH3 is 1. The zero-order chi connectivity index (χ0) is 15.3. The molecule has 0 aliphatic heterocycles. The molecule has 1 unspecified atom stereocenters. The molecule has 0 saturated carbocycles. The number of nitrogens with one attached hydrogen (secondary N) is 1. The van der Waals surface area contributed by atoms with E-state index in [9.17, 15) is 19.7 Å². The Hall–Kier alpha value is -2.19. The highest BCUT2D eigenvalue weighted by molar-refractivity contribution is 5.96. The minimum atomic E-state index is -0.726. The van der Waals surface area contributed by atoms with Gasteiger partial charge in [-0.15, -0.1) is 12.4 Å². The van der Waals surface area contributed by atoms with E-state index >= 15 is 0 Å². The molecule has 1 rings (SSSR count). The summed E-state index contributed by atoms with van der Waals surface area (Å²) in [5.74, 6) is -1.56. The molecule has 21 heavy (non-hydrogen) atoms. The third kappa shape index (κ3) is 5.01. The van der Waals surface area contributed by atoms with Gasteiger partial charge in [-0.25, -0.2) is 4.79 Å². The van der Waals surface area contributed by atoms with Crippen LogP contribution in [0.4, 0.5) is 11.4 Å². The number of rotatable bonds is 5. The van der Waals surface area contributed by atoms with Crippen LogP contribution in [0.1, 0.15) is 17.3 Å². The highest BCUT2D eigenvalue weighted by Gasteiger charge is 2.17. The first-order valence-electron chi connectivity index (χ1n) is 5.77. The maximum atomic E-state index is 11.7. The van der Waals surface area contributed by atoms with Crippen LogP contribution >= 0.6 is 12.4 Å². The smallest absolute Gasteiger partial charge is 0.338 e. The number of ether oxygens (including phenoxy) is 1. The van der Waals surface area contributed by atoms with Crippen molar-refractivity contribution < 1.29 is 19.2 Å². The summed E-state index contributed by atoms with van der Waals surface area (Å²) < 4.78 is 4.51. The summed E-state index contributed by atoms with van der Waals surface area (Å²) in [5.41, 5.74) is 5.17. The van der Waals surface area contributed by atoms with Crippen molar-refractivity contribution in [2.75, 3.05) is 19.0 Å². The number of nitrogens with two attached hydrogens (primary N) is 1. The molecule has 0 aliphatic carbocycles. The molecule has 1 amide bonds. The maximum absolute atomic E-state index is 11.7. The molecule has 1 aromatic rings. The molecular weight excluding hydrogens is 302 g/mol. The third-order valence-electron chi connectivity index (χ3n) is 2.62. The van der Waals surface area contributed by atoms with Gasteiger partial charge in [-0.1, -0.05) is 6.92 Å². The summed E-state index contributed by atoms with van der Waals surface area (Å²) in [6.07, 6.45) is 0. The Balaban J connectivity index is 0.00000400. The molecule has 0 saturated heterocycles. The highest BCUT2D eigenvalue weighted by Crippen LogP contribution is 2.22. The number of nitro benzene ring substituents is 1. The number of halogens is 1. The fourth-order valence-electron chi connectivity index (χ4n) is 1.40. The van der Waals surface area contributed by atoms with Crippen LogP contribution in [0.15, 0.2) is 18.2 Å². The summed E-state index contributed by atoms with van der Waals surface area (Å²) in [5, 5.41) is 13.3. The molecule has 1 atom stereocenters. The molecule has 3 N–H and O–H groups in total. The Bertz CT molecular complexity index is 550. The van der Waals surface area contributed by atoms with Gasteiger partial charge in [0, 0.05) is 30.3 Å². The van der Waals surface area contributed by atoms with Gasteiger partial charge in [-0.3, -0.25) is 14.9 Å². The van der Waals surface area contributed by atoms with E-state index in [4.69, 9.17) is 5.73 Å². The van der Waals surface area contributed by atoms with Crippen LogP contribution in [-0.4, -0.2) is 30.5 Å². The lowest BCUT2D eigenvalue weighted by Gasteiger charge is -2.10. The molecule has 0 aromatic heterocycles. The lowest BCUT2D eigenvalue weighted by molar-refractivity contribution is -0.384. The average molecular weight is 318 g/mol. The standard InChI is InChI=1S/C12H15N3O5.ClH/c1-7(6-13)11(16)14-9-3-8(12(17)20-2)4-10(5-9)15(18)19;/h3-5,7H,6,13H2,1-2H3,(H,14,16);1H. The van der Waals surface area contributed by atoms with E-state index in [2.05, 4.69) is 10.1 Å². The Morgan fingerprint density at radius 1 is 1.43 bits per heavy atom. The number of nitro groups is 1. The second-order valence-electron chi connectivity index (χ2n) is 4.14. The number of carbonyl (C=O) groups is 2. The molecule has 0 aliphatic rings. The number of hydrogen-bond donors (Lipinski definition) is 2. The largest absolute Gasteiger partial charge is 0.465 e. The number of hydrogen-bond acceptors (Lipinski definition) is 6. The minimum absolute atomic E-state index is 0. The molecule has 0 fully saturated rings. The summed E-state index contributed by atoms with van der Waals surface area (Å²) in [6, 6.07) is 3.54. The number of carbonyl (C=O) groups excluding carboxylic acids is 2. The van der Waals surface area contributed by atoms with Gasteiger partial charge in [0.1, 0.15) is 0 Å². The number of nitrogens with zero attached hydrogens (tertiary/aromatic N) is 1. The summed E-state index contributed by atoms with van der Waals surface area (Å²) >= 11 is 0. The Morgan fingerprint density at radius 2 is 2.05 bits per heavy atom. The first-order chi connectivity index (χ1) is 9.38. The van der Waals surface area contributed by atoms with Crippen molar-refractivity contribution in [2.45, 2.75) is 6.92 Å². The van der Waals surface area contributed by atoms with E-state index in [1.54, 1.807) is 6.92 Å². The molecule has 0 heterocycles. The number of non-ortho nitro benzene ring substituents is 1. The topological polar surface area (TPSA) is 125 Å². The predicted molar refractivity (Wildman–Crippen MR) is 78.5 cm³/mol. The Labute approximate surface area is 127 Å². The second-order valence-corrected chi connectivity index (χ2v) is 4.14. The van der Waals surface area contributed by atoms with Crippen molar-refractivity contribution in [3.8, 4) is 0 Å². The van der Waals surface area contributed by atoms with Crippen molar-refractivity contribution in [3.05, 3.63) is 33.9 Å². The number of benzene rings is 1. The van der Waals surface area contributed by atoms with Crippen molar-refractivity contribution in [1.29, 1.82) is 0 Å². The number of esters is 1. The van der Waals surface area contributed by atoms with Crippen LogP contribution in [0.2, 0.25) is 0 Å². The maximum Gasteiger partial charge on any atom is 0.338 e. The van der Waals surface area contributed by atoms with Crippen molar-refractivity contribution in [3.63, 3.8) is 0 Å². The van der Waals surface area contributed by atoms with Crippen LogP contribution in [-0.2, 0) is 9.53 Å². The molecule has 0 spiro atoms. The van der Waals surface area contributed by atoms with E-state index in [0.717, 1.165) is 19.2 Å². The highest BCUT2D eigenvalue weighted by atomic mass is 35.5. The van der Waals surface area contributed by atoms with Gasteiger partial charge in [0.25, 0.3) is 5.69 Å². The van der Waals surface area contributed by atoms with Crippen molar-refractivity contribution >= 4 is 35.7 Å². The minimum Gasteiger partial charge on any atom is -0.465 e. The summed E-state index contributed by atoms with van der Waals surface area (Å²) in [7, 11) is 1.16. The van der Waals surface area contributed by atoms with Crippen LogP contribution < -0.4 is 11.1 Å². The Kier molecular flexibility index (Phi) is 7.32. The van der Waals surface area contributed by atoms with E-state index in [1.165, 1.54) is 6.07 Å². The molecule has 0 bridgehead atoms. The second kappa shape index (κ2) is 8.18. The van der Waals surface area contributed by atoms with Crippen LogP contribution in [0.5, 0.6) is 0 Å². The van der Waals surface area contributed by atoms with Crippen LogP contribution in [0.25, 0.3) is 0 Å². The van der Waals surface area contributed by atoms with Gasteiger partial charge in [-0.05, 0) is 6.07 Å². The quantitative estimate of drug-likeness (QED) is 0.479. The van der Waals surface area contributed by atoms with Gasteiger partial charge in [0.2, 0.25) is 5.91 Å². The average Bonchev–Trinajstić information content (AvgIpc) is 2.44. The van der Waals surface area contributed by atoms with Crippen molar-refractivity contribution in [2.24, 2.45) is 11.7 Å². The van der Waals surface area contributed by atoms with Gasteiger partial charge < -0.3 is 15.8 Å². The van der Waals surface area contributed by atoms with Gasteiger partial charge in [-0.2, -0.15) is 0 Å². The zero-order valence-electron chi connectivity index (χ0n) is 11.5. The molecule has 9 heteroatoms. The first kappa shape index (κ1) is 18.8. The van der Waals surface area contributed by atoms with Gasteiger partial charge in [0.05, 0.1) is 17.6 Å². The molecule has 116 valence electrons. The van der Waals surface area contributed by atoms with Crippen LogP contribution in [0, 0.1) is 16.0 Å². The first-order valence-corrected chi connectivity index (χ1v) is 5.77. The van der Waals surface area contributed by atoms with Gasteiger partial charge >= 0.3 is 5.97 Å². The molecule has 1 aromatic carbocycles. The van der Waals surface area contributed by atoms with E-state index in [1.807, 2.05) is 0 Å². The summed E-state index contributed by atoms with van der Waals surface area (Å²) in [6.45, 7) is 1.76. The molecule has 0 radical (unpaired) electrons. The summed E-state index contributed by atoms with van der Waals surface area (Å²) in [4.78, 5) is 33.3. The lowest BCUT2D eigenvalue weighted by atomic mass is 10.1. The van der Waals surface area contributed by atoms with E-state index in [-0.39, 0.29) is 41.8 Å².